The number of hydrogen-bond acceptors (Lipinski definition) is 2. The van der Waals surface area contributed by atoms with Crippen molar-refractivity contribution in [2.45, 2.75) is 58.9 Å². The molecule has 2 fully saturated rings. The van der Waals surface area contributed by atoms with Crippen LogP contribution in [-0.2, 0) is 0 Å². The molecule has 4 unspecified atom stereocenters. The van der Waals surface area contributed by atoms with Gasteiger partial charge in [0, 0.05) is 19.1 Å². The Bertz CT molecular complexity index is 264. The molecule has 0 heterocycles. The van der Waals surface area contributed by atoms with Gasteiger partial charge in [-0.1, -0.05) is 27.2 Å². The third-order valence-electron chi connectivity index (χ3n) is 5.43. The Labute approximate surface area is 120 Å². The minimum absolute atomic E-state index is 0.720. The second-order valence-electron chi connectivity index (χ2n) is 7.49. The smallest absolute Gasteiger partial charge is 0.0215 e. The highest BCUT2D eigenvalue weighted by molar-refractivity contribution is 4.91. The van der Waals surface area contributed by atoms with E-state index in [1.54, 1.807) is 6.42 Å². The zero-order valence-corrected chi connectivity index (χ0v) is 13.5. The average molecular weight is 266 g/mol. The zero-order chi connectivity index (χ0) is 13.8. The summed E-state index contributed by atoms with van der Waals surface area (Å²) in [6.07, 6.45) is 7.37. The van der Waals surface area contributed by atoms with E-state index in [9.17, 15) is 0 Å². The Morgan fingerprint density at radius 1 is 1.16 bits per heavy atom. The van der Waals surface area contributed by atoms with E-state index in [1.165, 1.54) is 32.2 Å². The molecule has 2 saturated carbocycles. The quantitative estimate of drug-likeness (QED) is 0.724. The van der Waals surface area contributed by atoms with Gasteiger partial charge in [-0.3, -0.25) is 0 Å². The monoisotopic (exact) mass is 266 g/mol. The van der Waals surface area contributed by atoms with E-state index in [2.05, 4.69) is 38.0 Å². The van der Waals surface area contributed by atoms with Crippen LogP contribution in [0.4, 0.5) is 0 Å². The molecular formula is C17H34N2. The van der Waals surface area contributed by atoms with E-state index in [-0.39, 0.29) is 0 Å². The summed E-state index contributed by atoms with van der Waals surface area (Å²) in [5.41, 5.74) is 0. The topological polar surface area (TPSA) is 15.3 Å². The SMILES string of the molecule is CCC(CNCC(C)C)N(C)CC1CC2CCC1C2. The lowest BCUT2D eigenvalue weighted by Gasteiger charge is -2.33. The van der Waals surface area contributed by atoms with E-state index < -0.39 is 0 Å². The first-order valence-electron chi connectivity index (χ1n) is 8.51. The maximum absolute atomic E-state index is 3.63. The number of likely N-dealkylation sites (N-methyl/N-ethyl adjacent to an activating group) is 1. The fourth-order valence-electron chi connectivity index (χ4n) is 4.27. The third kappa shape index (κ3) is 4.19. The Morgan fingerprint density at radius 3 is 2.47 bits per heavy atom. The van der Waals surface area contributed by atoms with Gasteiger partial charge >= 0.3 is 0 Å². The third-order valence-corrected chi connectivity index (χ3v) is 5.43. The van der Waals surface area contributed by atoms with Gasteiger partial charge in [0.15, 0.2) is 0 Å². The van der Waals surface area contributed by atoms with Crippen molar-refractivity contribution in [3.05, 3.63) is 0 Å². The van der Waals surface area contributed by atoms with Crippen LogP contribution in [0.15, 0.2) is 0 Å². The van der Waals surface area contributed by atoms with Crippen molar-refractivity contribution < 1.29 is 0 Å². The predicted molar refractivity (Wildman–Crippen MR) is 83.4 cm³/mol. The van der Waals surface area contributed by atoms with Gasteiger partial charge in [0.25, 0.3) is 0 Å². The van der Waals surface area contributed by atoms with E-state index in [1.807, 2.05) is 0 Å². The lowest BCUT2D eigenvalue weighted by atomic mass is 9.88. The van der Waals surface area contributed by atoms with Crippen molar-refractivity contribution in [3.8, 4) is 0 Å². The first-order valence-corrected chi connectivity index (χ1v) is 8.51. The highest BCUT2D eigenvalue weighted by Crippen LogP contribution is 2.48. The fourth-order valence-corrected chi connectivity index (χ4v) is 4.27. The van der Waals surface area contributed by atoms with Crippen molar-refractivity contribution in [3.63, 3.8) is 0 Å². The number of rotatable bonds is 8. The molecule has 2 aliphatic rings. The summed E-state index contributed by atoms with van der Waals surface area (Å²) >= 11 is 0. The minimum Gasteiger partial charge on any atom is -0.315 e. The molecule has 0 aromatic carbocycles. The first-order chi connectivity index (χ1) is 9.10. The second-order valence-corrected chi connectivity index (χ2v) is 7.49. The van der Waals surface area contributed by atoms with Crippen LogP contribution < -0.4 is 5.32 Å². The van der Waals surface area contributed by atoms with Crippen LogP contribution in [0, 0.1) is 23.7 Å². The van der Waals surface area contributed by atoms with Gasteiger partial charge in [-0.05, 0) is 62.9 Å². The van der Waals surface area contributed by atoms with Gasteiger partial charge in [0.1, 0.15) is 0 Å². The molecule has 0 aromatic rings. The normalized spacial score (nSPS) is 31.6. The molecular weight excluding hydrogens is 232 g/mol. The molecule has 0 radical (unpaired) electrons. The maximum atomic E-state index is 3.63. The van der Waals surface area contributed by atoms with Gasteiger partial charge in [-0.25, -0.2) is 0 Å². The summed E-state index contributed by atoms with van der Waals surface area (Å²) in [4.78, 5) is 2.64. The van der Waals surface area contributed by atoms with E-state index >= 15 is 0 Å². The Hall–Kier alpha value is -0.0800. The lowest BCUT2D eigenvalue weighted by Crippen LogP contribution is -2.43. The van der Waals surface area contributed by atoms with Gasteiger partial charge in [0.05, 0.1) is 0 Å². The van der Waals surface area contributed by atoms with Crippen LogP contribution in [-0.4, -0.2) is 37.6 Å². The van der Waals surface area contributed by atoms with Gasteiger partial charge in [-0.15, -0.1) is 0 Å². The second kappa shape index (κ2) is 7.08. The van der Waals surface area contributed by atoms with E-state index in [0.717, 1.165) is 42.8 Å². The molecule has 2 bridgehead atoms. The van der Waals surface area contributed by atoms with Gasteiger partial charge in [-0.2, -0.15) is 0 Å². The molecule has 2 rings (SSSR count). The van der Waals surface area contributed by atoms with Crippen LogP contribution in [0.5, 0.6) is 0 Å². The zero-order valence-electron chi connectivity index (χ0n) is 13.5. The molecule has 1 N–H and O–H groups in total. The number of nitrogens with zero attached hydrogens (tertiary/aromatic N) is 1. The highest BCUT2D eigenvalue weighted by Gasteiger charge is 2.39. The molecule has 0 amide bonds. The van der Waals surface area contributed by atoms with Crippen molar-refractivity contribution in [1.29, 1.82) is 0 Å². The van der Waals surface area contributed by atoms with E-state index in [0.29, 0.717) is 0 Å². The van der Waals surface area contributed by atoms with Crippen molar-refractivity contribution in [1.82, 2.24) is 10.2 Å². The Kier molecular flexibility index (Phi) is 5.70. The molecule has 2 nitrogen and oxygen atoms in total. The van der Waals surface area contributed by atoms with Gasteiger partial charge < -0.3 is 10.2 Å². The summed E-state index contributed by atoms with van der Waals surface area (Å²) in [5.74, 6) is 3.91. The Balaban J connectivity index is 1.72. The molecule has 0 aromatic heterocycles. The van der Waals surface area contributed by atoms with Crippen LogP contribution in [0.1, 0.15) is 52.9 Å². The first kappa shape index (κ1) is 15.3. The molecule has 0 saturated heterocycles. The number of fused-ring (bicyclic) bond motifs is 2. The maximum Gasteiger partial charge on any atom is 0.0215 e. The molecule has 19 heavy (non-hydrogen) atoms. The van der Waals surface area contributed by atoms with Crippen LogP contribution in [0.3, 0.4) is 0 Å². The van der Waals surface area contributed by atoms with Crippen LogP contribution >= 0.6 is 0 Å². The fraction of sp³-hybridized carbons (Fsp3) is 1.00. The predicted octanol–water partition coefficient (Wildman–Crippen LogP) is 3.38. The number of nitrogens with one attached hydrogen (secondary N) is 1. The van der Waals surface area contributed by atoms with Crippen molar-refractivity contribution >= 4 is 0 Å². The molecule has 2 heteroatoms. The molecule has 0 spiro atoms. The highest BCUT2D eigenvalue weighted by atomic mass is 15.1. The van der Waals surface area contributed by atoms with Crippen LogP contribution in [0.25, 0.3) is 0 Å². The summed E-state index contributed by atoms with van der Waals surface area (Å²) in [6.45, 7) is 10.5. The Morgan fingerprint density at radius 2 is 1.95 bits per heavy atom. The molecule has 0 aliphatic heterocycles. The van der Waals surface area contributed by atoms with Gasteiger partial charge in [0.2, 0.25) is 0 Å². The molecule has 2 aliphatic carbocycles. The van der Waals surface area contributed by atoms with Crippen molar-refractivity contribution in [2.75, 3.05) is 26.7 Å². The molecule has 4 atom stereocenters. The largest absolute Gasteiger partial charge is 0.315 e. The standard InChI is InChI=1S/C17H34N2/c1-5-17(11-18-10-13(2)3)19(4)12-16-9-14-6-7-15(16)8-14/h13-18H,5-12H2,1-4H3. The lowest BCUT2D eigenvalue weighted by molar-refractivity contribution is 0.165. The summed E-state index contributed by atoms with van der Waals surface area (Å²) in [5, 5.41) is 3.63. The molecule has 112 valence electrons. The number of hydrogen-bond donors (Lipinski definition) is 1. The summed E-state index contributed by atoms with van der Waals surface area (Å²) < 4.78 is 0. The minimum atomic E-state index is 0.720. The van der Waals surface area contributed by atoms with E-state index in [4.69, 9.17) is 0 Å². The summed E-state index contributed by atoms with van der Waals surface area (Å²) in [7, 11) is 2.34. The average Bonchev–Trinajstić information content (AvgIpc) is 2.96. The van der Waals surface area contributed by atoms with Crippen molar-refractivity contribution in [2.24, 2.45) is 23.7 Å². The van der Waals surface area contributed by atoms with Crippen LogP contribution in [0.2, 0.25) is 0 Å². The summed E-state index contributed by atoms with van der Waals surface area (Å²) in [6, 6.07) is 0.720.